The number of nitrogens with one attached hydrogen (secondary N) is 2. The van der Waals surface area contributed by atoms with Gasteiger partial charge < -0.3 is 15.4 Å². The van der Waals surface area contributed by atoms with Gasteiger partial charge in [0.2, 0.25) is 5.91 Å². The molecule has 0 saturated carbocycles. The van der Waals surface area contributed by atoms with Crippen LogP contribution in [-0.4, -0.2) is 30.4 Å². The lowest BCUT2D eigenvalue weighted by Gasteiger charge is -2.14. The van der Waals surface area contributed by atoms with E-state index in [0.717, 1.165) is 10.1 Å². The molecule has 0 bridgehead atoms. The zero-order valence-electron chi connectivity index (χ0n) is 15.5. The van der Waals surface area contributed by atoms with Crippen molar-refractivity contribution in [1.29, 1.82) is 0 Å². The van der Waals surface area contributed by atoms with Gasteiger partial charge in [0.15, 0.2) is 0 Å². The number of rotatable bonds is 6. The Morgan fingerprint density at radius 3 is 2.54 bits per heavy atom. The fourth-order valence-corrected chi connectivity index (χ4v) is 3.55. The van der Waals surface area contributed by atoms with Gasteiger partial charge in [0.1, 0.15) is 10.9 Å². The Bertz CT molecular complexity index is 1010. The topological polar surface area (TPSA) is 84.5 Å². The minimum absolute atomic E-state index is 0.310. The summed E-state index contributed by atoms with van der Waals surface area (Å²) < 4.78 is 5.94. The summed E-state index contributed by atoms with van der Waals surface area (Å²) in [5.41, 5.74) is 1.08. The highest BCUT2D eigenvalue weighted by atomic mass is 32.1. The van der Waals surface area contributed by atoms with E-state index in [2.05, 4.69) is 10.6 Å². The van der Waals surface area contributed by atoms with Gasteiger partial charge in [-0.25, -0.2) is 4.79 Å². The maximum atomic E-state index is 12.4. The molecular formula is C21H20N2O4S. The molecule has 1 unspecified atom stereocenters. The molecule has 1 atom stereocenters. The van der Waals surface area contributed by atoms with Gasteiger partial charge in [-0.05, 0) is 55.6 Å². The smallest absolute Gasteiger partial charge is 0.348 e. The van der Waals surface area contributed by atoms with E-state index in [1.54, 1.807) is 56.3 Å². The highest BCUT2D eigenvalue weighted by Crippen LogP contribution is 2.28. The van der Waals surface area contributed by atoms with Crippen LogP contribution in [0.4, 0.5) is 5.69 Å². The van der Waals surface area contributed by atoms with Crippen molar-refractivity contribution in [2.45, 2.75) is 19.9 Å². The maximum Gasteiger partial charge on any atom is 0.348 e. The average Bonchev–Trinajstić information content (AvgIpc) is 3.12. The number of hydrogen-bond acceptors (Lipinski definition) is 5. The van der Waals surface area contributed by atoms with E-state index in [-0.39, 0.29) is 17.8 Å². The Morgan fingerprint density at radius 1 is 1.07 bits per heavy atom. The zero-order valence-corrected chi connectivity index (χ0v) is 16.3. The number of esters is 1. The van der Waals surface area contributed by atoms with Crippen molar-refractivity contribution in [2.75, 3.05) is 11.9 Å². The summed E-state index contributed by atoms with van der Waals surface area (Å²) in [5.74, 6) is -0.994. The lowest BCUT2D eigenvalue weighted by Crippen LogP contribution is -2.41. The highest BCUT2D eigenvalue weighted by Gasteiger charge is 2.17. The molecule has 6 nitrogen and oxygen atoms in total. The van der Waals surface area contributed by atoms with Crippen molar-refractivity contribution < 1.29 is 19.1 Å². The van der Waals surface area contributed by atoms with Gasteiger partial charge >= 0.3 is 5.97 Å². The van der Waals surface area contributed by atoms with Crippen LogP contribution in [0.3, 0.4) is 0 Å². The number of carbonyl (C=O) groups excluding carboxylic acids is 3. The van der Waals surface area contributed by atoms with Crippen LogP contribution < -0.4 is 10.6 Å². The molecule has 1 heterocycles. The van der Waals surface area contributed by atoms with E-state index in [0.29, 0.717) is 22.7 Å². The summed E-state index contributed by atoms with van der Waals surface area (Å²) in [7, 11) is 0. The normalized spacial score (nSPS) is 11.6. The van der Waals surface area contributed by atoms with Crippen molar-refractivity contribution in [1.82, 2.24) is 5.32 Å². The van der Waals surface area contributed by atoms with Crippen molar-refractivity contribution in [3.63, 3.8) is 0 Å². The molecule has 1 aromatic heterocycles. The number of carbonyl (C=O) groups is 3. The second kappa shape index (κ2) is 8.67. The Kier molecular flexibility index (Phi) is 6.06. The predicted octanol–water partition coefficient (Wildman–Crippen LogP) is 3.84. The average molecular weight is 396 g/mol. The number of ether oxygens (including phenoxy) is 1. The van der Waals surface area contributed by atoms with Crippen molar-refractivity contribution in [3.05, 3.63) is 65.0 Å². The molecule has 0 aliphatic heterocycles. The minimum Gasteiger partial charge on any atom is -0.462 e. The summed E-state index contributed by atoms with van der Waals surface area (Å²) in [6, 6.07) is 15.1. The van der Waals surface area contributed by atoms with Crippen molar-refractivity contribution in [2.24, 2.45) is 0 Å². The van der Waals surface area contributed by atoms with Crippen LogP contribution in [0, 0.1) is 0 Å². The summed E-state index contributed by atoms with van der Waals surface area (Å²) in [4.78, 5) is 37.0. The lowest BCUT2D eigenvalue weighted by molar-refractivity contribution is -0.117. The van der Waals surface area contributed by atoms with Crippen LogP contribution in [0.1, 0.15) is 33.9 Å². The number of anilines is 1. The van der Waals surface area contributed by atoms with Gasteiger partial charge in [0.25, 0.3) is 5.91 Å². The SMILES string of the molecule is CCOC(=O)c1cc2cc(NC(=O)C(C)NC(=O)c3ccccc3)ccc2s1. The van der Waals surface area contributed by atoms with Crippen LogP contribution in [-0.2, 0) is 9.53 Å². The van der Waals surface area contributed by atoms with E-state index >= 15 is 0 Å². The highest BCUT2D eigenvalue weighted by molar-refractivity contribution is 7.20. The number of thiophene rings is 1. The second-order valence-corrected chi connectivity index (χ2v) is 7.22. The Balaban J connectivity index is 1.66. The molecule has 28 heavy (non-hydrogen) atoms. The predicted molar refractivity (Wildman–Crippen MR) is 110 cm³/mol. The molecule has 0 saturated heterocycles. The van der Waals surface area contributed by atoms with Crippen LogP contribution in [0.15, 0.2) is 54.6 Å². The Hall–Kier alpha value is -3.19. The standard InChI is InChI=1S/C21H20N2O4S/c1-3-27-21(26)18-12-15-11-16(9-10-17(15)28-18)23-19(24)13(2)22-20(25)14-7-5-4-6-8-14/h4-13H,3H2,1-2H3,(H,22,25)(H,23,24). The fraction of sp³-hybridized carbons (Fsp3) is 0.190. The van der Waals surface area contributed by atoms with Crippen LogP contribution in [0.2, 0.25) is 0 Å². The molecule has 0 aliphatic carbocycles. The third-order valence-electron chi connectivity index (χ3n) is 4.04. The molecule has 7 heteroatoms. The molecular weight excluding hydrogens is 376 g/mol. The van der Waals surface area contributed by atoms with Crippen molar-refractivity contribution >= 4 is 44.9 Å². The maximum absolute atomic E-state index is 12.4. The van der Waals surface area contributed by atoms with Crippen LogP contribution in [0.25, 0.3) is 10.1 Å². The van der Waals surface area contributed by atoms with Gasteiger partial charge in [0, 0.05) is 16.0 Å². The molecule has 3 rings (SSSR count). The van der Waals surface area contributed by atoms with Gasteiger partial charge in [-0.2, -0.15) is 0 Å². The molecule has 0 spiro atoms. The number of fused-ring (bicyclic) bond motifs is 1. The zero-order chi connectivity index (χ0) is 20.1. The van der Waals surface area contributed by atoms with E-state index in [4.69, 9.17) is 4.74 Å². The first kappa shape index (κ1) is 19.6. The minimum atomic E-state index is -0.707. The van der Waals surface area contributed by atoms with E-state index < -0.39 is 6.04 Å². The van der Waals surface area contributed by atoms with E-state index in [9.17, 15) is 14.4 Å². The molecule has 144 valence electrons. The lowest BCUT2D eigenvalue weighted by atomic mass is 10.2. The van der Waals surface area contributed by atoms with Gasteiger partial charge in [-0.3, -0.25) is 9.59 Å². The van der Waals surface area contributed by atoms with E-state index in [1.807, 2.05) is 12.1 Å². The van der Waals surface area contributed by atoms with Gasteiger partial charge in [-0.1, -0.05) is 18.2 Å². The van der Waals surface area contributed by atoms with Crippen molar-refractivity contribution in [3.8, 4) is 0 Å². The van der Waals surface area contributed by atoms with E-state index in [1.165, 1.54) is 11.3 Å². The summed E-state index contributed by atoms with van der Waals surface area (Å²) >= 11 is 1.34. The first-order chi connectivity index (χ1) is 13.5. The molecule has 0 fully saturated rings. The monoisotopic (exact) mass is 396 g/mol. The van der Waals surface area contributed by atoms with Gasteiger partial charge in [0.05, 0.1) is 6.61 Å². The Labute approximate surface area is 166 Å². The largest absolute Gasteiger partial charge is 0.462 e. The summed E-state index contributed by atoms with van der Waals surface area (Å²) in [6.45, 7) is 3.70. The molecule has 3 aromatic rings. The summed E-state index contributed by atoms with van der Waals surface area (Å²) in [6.07, 6.45) is 0. The van der Waals surface area contributed by atoms with Gasteiger partial charge in [-0.15, -0.1) is 11.3 Å². The quantitative estimate of drug-likeness (QED) is 0.620. The van der Waals surface area contributed by atoms with Crippen LogP contribution >= 0.6 is 11.3 Å². The molecule has 0 aliphatic rings. The number of benzene rings is 2. The third kappa shape index (κ3) is 4.55. The number of hydrogen-bond donors (Lipinski definition) is 2. The fourth-order valence-electron chi connectivity index (χ4n) is 2.61. The van der Waals surface area contributed by atoms with Crippen LogP contribution in [0.5, 0.6) is 0 Å². The molecule has 2 N–H and O–H groups in total. The molecule has 2 aromatic carbocycles. The first-order valence-corrected chi connectivity index (χ1v) is 9.67. The molecule has 0 radical (unpaired) electrons. The molecule has 2 amide bonds. The Morgan fingerprint density at radius 2 is 1.82 bits per heavy atom. The first-order valence-electron chi connectivity index (χ1n) is 8.85. The third-order valence-corrected chi connectivity index (χ3v) is 5.13. The number of amides is 2. The second-order valence-electron chi connectivity index (χ2n) is 6.13. The summed E-state index contributed by atoms with van der Waals surface area (Å²) in [5, 5.41) is 6.31.